The molecule has 0 aromatic heterocycles. The number of benzene rings is 1. The Morgan fingerprint density at radius 2 is 1.50 bits per heavy atom. The second-order valence-electron chi connectivity index (χ2n) is 4.08. The van der Waals surface area contributed by atoms with Gasteiger partial charge in [0.25, 0.3) is 0 Å². The molecule has 1 atom stereocenters. The Morgan fingerprint density at radius 3 is 2.17 bits per heavy atom. The van der Waals surface area contributed by atoms with Gasteiger partial charge in [-0.15, -0.1) is 0 Å². The minimum atomic E-state index is 0.148. The van der Waals surface area contributed by atoms with E-state index >= 15 is 0 Å². The van der Waals surface area contributed by atoms with Crippen LogP contribution < -0.4 is 27.4 Å². The molecule has 0 spiro atoms. The SMILES string of the molecule is NCCNCCNC(NCCN)c1ccccc1. The summed E-state index contributed by atoms with van der Waals surface area (Å²) in [6, 6.07) is 10.3. The molecule has 0 saturated heterocycles. The Kier molecular flexibility index (Phi) is 8.37. The molecule has 1 aromatic rings. The molecule has 18 heavy (non-hydrogen) atoms. The number of nitrogens with one attached hydrogen (secondary N) is 3. The zero-order valence-electron chi connectivity index (χ0n) is 10.9. The van der Waals surface area contributed by atoms with E-state index in [2.05, 4.69) is 28.1 Å². The van der Waals surface area contributed by atoms with Gasteiger partial charge in [-0.25, -0.2) is 0 Å². The van der Waals surface area contributed by atoms with E-state index in [1.54, 1.807) is 0 Å². The average Bonchev–Trinajstić information content (AvgIpc) is 2.43. The van der Waals surface area contributed by atoms with Crippen LogP contribution in [-0.2, 0) is 0 Å². The summed E-state index contributed by atoms with van der Waals surface area (Å²) in [6.07, 6.45) is 0.148. The monoisotopic (exact) mass is 251 g/mol. The van der Waals surface area contributed by atoms with Crippen LogP contribution in [0.3, 0.4) is 0 Å². The Bertz CT molecular complexity index is 291. The fourth-order valence-electron chi connectivity index (χ4n) is 1.71. The topological polar surface area (TPSA) is 88.1 Å². The lowest BCUT2D eigenvalue weighted by Gasteiger charge is -2.20. The van der Waals surface area contributed by atoms with Crippen molar-refractivity contribution in [2.45, 2.75) is 6.17 Å². The molecule has 0 heterocycles. The summed E-state index contributed by atoms with van der Waals surface area (Å²) >= 11 is 0. The van der Waals surface area contributed by atoms with Crippen LogP contribution in [0.2, 0.25) is 0 Å². The van der Waals surface area contributed by atoms with Gasteiger partial charge in [-0.3, -0.25) is 10.6 Å². The van der Waals surface area contributed by atoms with Crippen molar-refractivity contribution in [2.24, 2.45) is 11.5 Å². The molecule has 0 bridgehead atoms. The first-order valence-electron chi connectivity index (χ1n) is 6.51. The van der Waals surface area contributed by atoms with Crippen LogP contribution in [-0.4, -0.2) is 39.3 Å². The number of hydrogen-bond acceptors (Lipinski definition) is 5. The third-order valence-corrected chi connectivity index (χ3v) is 2.60. The molecule has 5 heteroatoms. The van der Waals surface area contributed by atoms with Crippen molar-refractivity contribution in [1.29, 1.82) is 0 Å². The predicted molar refractivity (Wildman–Crippen MR) is 76.2 cm³/mol. The molecule has 1 rings (SSSR count). The highest BCUT2D eigenvalue weighted by Gasteiger charge is 2.08. The third-order valence-electron chi connectivity index (χ3n) is 2.60. The van der Waals surface area contributed by atoms with Crippen molar-refractivity contribution in [3.05, 3.63) is 35.9 Å². The first kappa shape index (κ1) is 15.1. The molecule has 0 fully saturated rings. The molecule has 0 aliphatic carbocycles. The fraction of sp³-hybridized carbons (Fsp3) is 0.538. The maximum Gasteiger partial charge on any atom is 0.0836 e. The summed E-state index contributed by atoms with van der Waals surface area (Å²) in [5.41, 5.74) is 12.2. The zero-order valence-corrected chi connectivity index (χ0v) is 10.9. The van der Waals surface area contributed by atoms with Gasteiger partial charge < -0.3 is 16.8 Å². The zero-order chi connectivity index (χ0) is 13.1. The van der Waals surface area contributed by atoms with E-state index in [0.29, 0.717) is 13.1 Å². The number of nitrogens with two attached hydrogens (primary N) is 2. The van der Waals surface area contributed by atoms with Crippen molar-refractivity contribution in [3.8, 4) is 0 Å². The van der Waals surface area contributed by atoms with Gasteiger partial charge in [0.2, 0.25) is 0 Å². The van der Waals surface area contributed by atoms with Crippen LogP contribution >= 0.6 is 0 Å². The summed E-state index contributed by atoms with van der Waals surface area (Å²) < 4.78 is 0. The molecule has 0 amide bonds. The largest absolute Gasteiger partial charge is 0.329 e. The Morgan fingerprint density at radius 1 is 0.833 bits per heavy atom. The quantitative estimate of drug-likeness (QED) is 0.282. The molecule has 0 aliphatic rings. The highest BCUT2D eigenvalue weighted by atomic mass is 15.1. The van der Waals surface area contributed by atoms with Crippen LogP contribution in [0.15, 0.2) is 30.3 Å². The first-order chi connectivity index (χ1) is 8.88. The average molecular weight is 251 g/mol. The fourth-order valence-corrected chi connectivity index (χ4v) is 1.71. The second-order valence-corrected chi connectivity index (χ2v) is 4.08. The van der Waals surface area contributed by atoms with E-state index in [4.69, 9.17) is 11.5 Å². The standard InChI is InChI=1S/C13H25N5/c14-6-8-16-10-11-18-13(17-9-7-15)12-4-2-1-3-5-12/h1-5,13,16-18H,6-11,14-15H2. The molecule has 1 unspecified atom stereocenters. The van der Waals surface area contributed by atoms with Gasteiger partial charge in [-0.1, -0.05) is 30.3 Å². The summed E-state index contributed by atoms with van der Waals surface area (Å²) in [6.45, 7) is 4.75. The van der Waals surface area contributed by atoms with Gasteiger partial charge >= 0.3 is 0 Å². The Hall–Kier alpha value is -0.980. The Balaban J connectivity index is 2.36. The molecule has 102 valence electrons. The molecule has 5 nitrogen and oxygen atoms in total. The molecular formula is C13H25N5. The third kappa shape index (κ3) is 6.09. The van der Waals surface area contributed by atoms with Crippen molar-refractivity contribution in [3.63, 3.8) is 0 Å². The van der Waals surface area contributed by atoms with Gasteiger partial charge in [0.15, 0.2) is 0 Å². The second kappa shape index (κ2) is 9.99. The summed E-state index contributed by atoms with van der Waals surface area (Å²) in [7, 11) is 0. The van der Waals surface area contributed by atoms with Gasteiger partial charge in [0, 0.05) is 39.3 Å². The lowest BCUT2D eigenvalue weighted by Crippen LogP contribution is -2.40. The van der Waals surface area contributed by atoms with Crippen LogP contribution in [0.5, 0.6) is 0 Å². The lowest BCUT2D eigenvalue weighted by atomic mass is 10.1. The first-order valence-corrected chi connectivity index (χ1v) is 6.51. The van der Waals surface area contributed by atoms with E-state index in [1.807, 2.05) is 18.2 Å². The van der Waals surface area contributed by atoms with E-state index < -0.39 is 0 Å². The van der Waals surface area contributed by atoms with E-state index in [9.17, 15) is 0 Å². The molecule has 7 N–H and O–H groups in total. The maximum absolute atomic E-state index is 5.53. The molecule has 0 radical (unpaired) electrons. The summed E-state index contributed by atoms with van der Waals surface area (Å²) in [5, 5.41) is 10.1. The van der Waals surface area contributed by atoms with Crippen LogP contribution in [0.4, 0.5) is 0 Å². The highest BCUT2D eigenvalue weighted by Crippen LogP contribution is 2.08. The number of hydrogen-bond donors (Lipinski definition) is 5. The highest BCUT2D eigenvalue weighted by molar-refractivity contribution is 5.18. The lowest BCUT2D eigenvalue weighted by molar-refractivity contribution is 0.440. The van der Waals surface area contributed by atoms with Crippen LogP contribution in [0.1, 0.15) is 11.7 Å². The summed E-state index contributed by atoms with van der Waals surface area (Å²) in [5.74, 6) is 0. The van der Waals surface area contributed by atoms with Gasteiger partial charge in [-0.2, -0.15) is 0 Å². The van der Waals surface area contributed by atoms with Crippen LogP contribution in [0, 0.1) is 0 Å². The molecule has 0 saturated carbocycles. The van der Waals surface area contributed by atoms with Crippen molar-refractivity contribution < 1.29 is 0 Å². The molecule has 0 aliphatic heterocycles. The minimum Gasteiger partial charge on any atom is -0.329 e. The summed E-state index contributed by atoms with van der Waals surface area (Å²) in [4.78, 5) is 0. The van der Waals surface area contributed by atoms with Gasteiger partial charge in [0.05, 0.1) is 6.17 Å². The predicted octanol–water partition coefficient (Wildman–Crippen LogP) is -0.629. The van der Waals surface area contributed by atoms with E-state index in [0.717, 1.165) is 26.2 Å². The maximum atomic E-state index is 5.53. The molecule has 1 aromatic carbocycles. The van der Waals surface area contributed by atoms with Gasteiger partial charge in [-0.05, 0) is 5.56 Å². The molecular weight excluding hydrogens is 226 g/mol. The smallest absolute Gasteiger partial charge is 0.0836 e. The normalized spacial score (nSPS) is 12.6. The van der Waals surface area contributed by atoms with Gasteiger partial charge in [0.1, 0.15) is 0 Å². The van der Waals surface area contributed by atoms with Crippen LogP contribution in [0.25, 0.3) is 0 Å². The minimum absolute atomic E-state index is 0.148. The van der Waals surface area contributed by atoms with E-state index in [1.165, 1.54) is 5.56 Å². The van der Waals surface area contributed by atoms with E-state index in [-0.39, 0.29) is 6.17 Å². The van der Waals surface area contributed by atoms with Crippen molar-refractivity contribution in [1.82, 2.24) is 16.0 Å². The Labute approximate surface area is 109 Å². The van der Waals surface area contributed by atoms with Crippen molar-refractivity contribution >= 4 is 0 Å². The number of rotatable bonds is 10. The van der Waals surface area contributed by atoms with Crippen molar-refractivity contribution in [2.75, 3.05) is 39.3 Å².